The maximum Gasteiger partial charge on any atom is 0.263 e. The van der Waals surface area contributed by atoms with E-state index in [-0.39, 0.29) is 5.75 Å². The topological polar surface area (TPSA) is 67.0 Å². The van der Waals surface area contributed by atoms with E-state index in [9.17, 15) is 13.6 Å². The molecule has 0 spiro atoms. The van der Waals surface area contributed by atoms with Crippen molar-refractivity contribution in [1.29, 1.82) is 0 Å². The second-order valence-electron chi connectivity index (χ2n) is 4.04. The Labute approximate surface area is 114 Å². The van der Waals surface area contributed by atoms with Crippen LogP contribution in [0.4, 0.5) is 14.6 Å². The molecule has 2 rings (SSSR count). The Kier molecular flexibility index (Phi) is 4.29. The molecule has 0 aliphatic rings. The van der Waals surface area contributed by atoms with Crippen molar-refractivity contribution < 1.29 is 18.3 Å². The van der Waals surface area contributed by atoms with Gasteiger partial charge in [0.25, 0.3) is 5.91 Å². The Balaban J connectivity index is 1.88. The molecule has 0 atom stereocenters. The second-order valence-corrected chi connectivity index (χ2v) is 4.04. The summed E-state index contributed by atoms with van der Waals surface area (Å²) in [7, 11) is 0. The smallest absolute Gasteiger partial charge is 0.263 e. The molecule has 1 heterocycles. The zero-order valence-corrected chi connectivity index (χ0v) is 10.7. The lowest BCUT2D eigenvalue weighted by Gasteiger charge is -2.06. The van der Waals surface area contributed by atoms with Crippen LogP contribution in [-0.4, -0.2) is 22.7 Å². The summed E-state index contributed by atoms with van der Waals surface area (Å²) < 4.78 is 30.9. The van der Waals surface area contributed by atoms with Crippen molar-refractivity contribution >= 4 is 11.7 Å². The van der Waals surface area contributed by atoms with Gasteiger partial charge in [0.15, 0.2) is 24.0 Å². The molecule has 1 aromatic heterocycles. The number of carbonyl (C=O) groups is 1. The summed E-state index contributed by atoms with van der Waals surface area (Å²) in [6.07, 6.45) is 0.764. The first-order chi connectivity index (χ1) is 9.58. The number of anilines is 1. The van der Waals surface area contributed by atoms with Gasteiger partial charge in [0.2, 0.25) is 0 Å². The molecule has 106 valence electrons. The molecule has 2 aromatic rings. The first-order valence-electron chi connectivity index (χ1n) is 6.00. The molecule has 5 nitrogen and oxygen atoms in total. The third kappa shape index (κ3) is 3.53. The standard InChI is InChI=1S/C13H13F2N3O2/c1-2-9-6-12(18-17-9)16-13(19)7-20-11-4-3-8(14)5-10(11)15/h3-6H,2,7H2,1H3,(H2,16,17,18,19). The third-order valence-electron chi connectivity index (χ3n) is 2.53. The van der Waals surface area contributed by atoms with Gasteiger partial charge in [-0.25, -0.2) is 8.78 Å². The zero-order chi connectivity index (χ0) is 14.5. The first-order valence-corrected chi connectivity index (χ1v) is 6.00. The van der Waals surface area contributed by atoms with Crippen molar-refractivity contribution in [3.05, 3.63) is 41.6 Å². The molecule has 20 heavy (non-hydrogen) atoms. The summed E-state index contributed by atoms with van der Waals surface area (Å²) >= 11 is 0. The molecule has 1 amide bonds. The number of aromatic amines is 1. The first kappa shape index (κ1) is 14.0. The largest absolute Gasteiger partial charge is 0.481 e. The van der Waals surface area contributed by atoms with Crippen LogP contribution in [0.2, 0.25) is 0 Å². The van der Waals surface area contributed by atoms with Crippen molar-refractivity contribution in [3.63, 3.8) is 0 Å². The van der Waals surface area contributed by atoms with E-state index in [1.807, 2.05) is 6.92 Å². The molecule has 0 saturated carbocycles. The number of H-pyrrole nitrogens is 1. The molecule has 1 aromatic carbocycles. The average molecular weight is 281 g/mol. The van der Waals surface area contributed by atoms with Crippen LogP contribution < -0.4 is 10.1 Å². The van der Waals surface area contributed by atoms with E-state index in [0.717, 1.165) is 24.2 Å². The summed E-state index contributed by atoms with van der Waals surface area (Å²) in [5.41, 5.74) is 0.880. The highest BCUT2D eigenvalue weighted by Crippen LogP contribution is 2.17. The number of hydrogen-bond donors (Lipinski definition) is 2. The van der Waals surface area contributed by atoms with E-state index in [1.165, 1.54) is 0 Å². The van der Waals surface area contributed by atoms with E-state index in [4.69, 9.17) is 4.74 Å². The van der Waals surface area contributed by atoms with Gasteiger partial charge in [-0.05, 0) is 18.6 Å². The van der Waals surface area contributed by atoms with Crippen LogP contribution in [-0.2, 0) is 11.2 Å². The fourth-order valence-electron chi connectivity index (χ4n) is 1.52. The molecule has 0 fully saturated rings. The number of hydrogen-bond acceptors (Lipinski definition) is 3. The monoisotopic (exact) mass is 281 g/mol. The number of nitrogens with zero attached hydrogens (tertiary/aromatic N) is 1. The van der Waals surface area contributed by atoms with E-state index in [0.29, 0.717) is 11.9 Å². The molecule has 0 unspecified atom stereocenters. The molecule has 0 saturated heterocycles. The van der Waals surface area contributed by atoms with Gasteiger partial charge < -0.3 is 10.1 Å². The van der Waals surface area contributed by atoms with E-state index in [2.05, 4.69) is 15.5 Å². The van der Waals surface area contributed by atoms with Gasteiger partial charge in [0, 0.05) is 17.8 Å². The molecule has 2 N–H and O–H groups in total. The molecule has 0 bridgehead atoms. The number of aryl methyl sites for hydroxylation is 1. The quantitative estimate of drug-likeness (QED) is 0.883. The number of amides is 1. The van der Waals surface area contributed by atoms with Crippen molar-refractivity contribution in [2.24, 2.45) is 0 Å². The van der Waals surface area contributed by atoms with Crippen LogP contribution in [0.25, 0.3) is 0 Å². The van der Waals surface area contributed by atoms with Crippen LogP contribution in [0.5, 0.6) is 5.75 Å². The van der Waals surface area contributed by atoms with Gasteiger partial charge in [-0.1, -0.05) is 6.92 Å². The van der Waals surface area contributed by atoms with E-state index < -0.39 is 24.1 Å². The Bertz CT molecular complexity index is 613. The third-order valence-corrected chi connectivity index (χ3v) is 2.53. The van der Waals surface area contributed by atoms with Crippen LogP contribution in [0.1, 0.15) is 12.6 Å². The van der Waals surface area contributed by atoms with Crippen molar-refractivity contribution in [2.75, 3.05) is 11.9 Å². The number of aromatic nitrogens is 2. The van der Waals surface area contributed by atoms with Crippen molar-refractivity contribution in [3.8, 4) is 5.75 Å². The van der Waals surface area contributed by atoms with Gasteiger partial charge in [-0.15, -0.1) is 0 Å². The summed E-state index contributed by atoms with van der Waals surface area (Å²) in [4.78, 5) is 11.6. The number of benzene rings is 1. The van der Waals surface area contributed by atoms with Crippen molar-refractivity contribution in [2.45, 2.75) is 13.3 Å². The highest BCUT2D eigenvalue weighted by atomic mass is 19.1. The molecular weight excluding hydrogens is 268 g/mol. The summed E-state index contributed by atoms with van der Waals surface area (Å²) in [6, 6.07) is 4.56. The minimum Gasteiger partial charge on any atom is -0.481 e. The van der Waals surface area contributed by atoms with E-state index in [1.54, 1.807) is 6.07 Å². The fourth-order valence-corrected chi connectivity index (χ4v) is 1.52. The predicted octanol–water partition coefficient (Wildman–Crippen LogP) is 2.27. The zero-order valence-electron chi connectivity index (χ0n) is 10.7. The Morgan fingerprint density at radius 1 is 1.40 bits per heavy atom. The number of nitrogens with one attached hydrogen (secondary N) is 2. The number of carbonyl (C=O) groups excluding carboxylic acids is 1. The lowest BCUT2D eigenvalue weighted by Crippen LogP contribution is -2.20. The van der Waals surface area contributed by atoms with Gasteiger partial charge in [0.05, 0.1) is 0 Å². The lowest BCUT2D eigenvalue weighted by atomic mass is 10.3. The fraction of sp³-hybridized carbons (Fsp3) is 0.231. The van der Waals surface area contributed by atoms with Gasteiger partial charge >= 0.3 is 0 Å². The minimum absolute atomic E-state index is 0.183. The molecular formula is C13H13F2N3O2. The Hall–Kier alpha value is -2.44. The van der Waals surface area contributed by atoms with Crippen LogP contribution in [0.3, 0.4) is 0 Å². The number of ether oxygens (including phenoxy) is 1. The number of rotatable bonds is 5. The highest BCUT2D eigenvalue weighted by Gasteiger charge is 2.09. The molecule has 7 heteroatoms. The normalized spacial score (nSPS) is 10.3. The summed E-state index contributed by atoms with van der Waals surface area (Å²) in [6.45, 7) is 1.55. The minimum atomic E-state index is -0.856. The summed E-state index contributed by atoms with van der Waals surface area (Å²) in [5.74, 6) is -1.86. The second kappa shape index (κ2) is 6.14. The Morgan fingerprint density at radius 2 is 2.20 bits per heavy atom. The van der Waals surface area contributed by atoms with Crippen molar-refractivity contribution in [1.82, 2.24) is 10.2 Å². The van der Waals surface area contributed by atoms with E-state index >= 15 is 0 Å². The highest BCUT2D eigenvalue weighted by molar-refractivity contribution is 5.90. The van der Waals surface area contributed by atoms with Gasteiger partial charge in [-0.2, -0.15) is 5.10 Å². The van der Waals surface area contributed by atoms with Gasteiger partial charge in [-0.3, -0.25) is 9.89 Å². The molecule has 0 aliphatic carbocycles. The van der Waals surface area contributed by atoms with Gasteiger partial charge in [0.1, 0.15) is 5.82 Å². The predicted molar refractivity (Wildman–Crippen MR) is 68.4 cm³/mol. The lowest BCUT2D eigenvalue weighted by molar-refractivity contribution is -0.118. The van der Waals surface area contributed by atoms with Crippen LogP contribution in [0, 0.1) is 11.6 Å². The Morgan fingerprint density at radius 3 is 2.85 bits per heavy atom. The maximum absolute atomic E-state index is 13.3. The van der Waals surface area contributed by atoms with Crippen LogP contribution in [0.15, 0.2) is 24.3 Å². The van der Waals surface area contributed by atoms with Crippen LogP contribution >= 0.6 is 0 Å². The number of halogens is 2. The maximum atomic E-state index is 13.3. The summed E-state index contributed by atoms with van der Waals surface area (Å²) in [5, 5.41) is 9.11. The molecule has 0 aliphatic heterocycles. The SMILES string of the molecule is CCc1cc(NC(=O)COc2ccc(F)cc2F)n[nH]1. The average Bonchev–Trinajstić information content (AvgIpc) is 2.85. The molecule has 0 radical (unpaired) electrons.